The molecule has 4 nitrogen and oxygen atoms in total. The van der Waals surface area contributed by atoms with Gasteiger partial charge in [-0.25, -0.2) is 0 Å². The predicted molar refractivity (Wildman–Crippen MR) is 58.8 cm³/mol. The average Bonchev–Trinajstić information content (AvgIpc) is 2.21. The molecule has 0 amide bonds. The number of hydrogen-bond acceptors (Lipinski definition) is 4. The molecule has 0 saturated heterocycles. The maximum atomic E-state index is 9.17. The van der Waals surface area contributed by atoms with Crippen molar-refractivity contribution in [2.75, 3.05) is 14.2 Å². The fraction of sp³-hybridized carbons (Fsp3) is 0.400. The van der Waals surface area contributed by atoms with E-state index in [1.807, 2.05) is 13.8 Å². The van der Waals surface area contributed by atoms with E-state index in [1.54, 1.807) is 13.2 Å². The lowest BCUT2D eigenvalue weighted by Gasteiger charge is -2.16. The zero-order valence-corrected chi connectivity index (χ0v) is 9.37. The summed E-state index contributed by atoms with van der Waals surface area (Å²) in [4.78, 5) is 0. The highest BCUT2D eigenvalue weighted by Gasteiger charge is 2.20. The Balaban J connectivity index is 3.42. The van der Waals surface area contributed by atoms with Crippen LogP contribution in [-0.2, 0) is 0 Å². The van der Waals surface area contributed by atoms with Gasteiger partial charge in [0.2, 0.25) is 0 Å². The molecule has 0 heterocycles. The summed E-state index contributed by atoms with van der Waals surface area (Å²) in [6.45, 7) is 3.66. The summed E-state index contributed by atoms with van der Waals surface area (Å²) in [7, 11) is 1.57. The van der Waals surface area contributed by atoms with Gasteiger partial charge in [0.05, 0.1) is 14.2 Å². The van der Waals surface area contributed by atoms with Gasteiger partial charge in [-0.1, -0.05) is 0 Å². The van der Waals surface area contributed by atoms with Gasteiger partial charge in [0.1, 0.15) is 0 Å². The Kier molecular flexibility index (Phi) is 3.60. The van der Waals surface area contributed by atoms with Gasteiger partial charge in [-0.15, -0.1) is 0 Å². The fourth-order valence-corrected chi connectivity index (χ4v) is 1.56. The summed E-state index contributed by atoms with van der Waals surface area (Å²) in [5.74, 6) is 1.13. The van der Waals surface area contributed by atoms with Crippen molar-refractivity contribution in [2.45, 2.75) is 13.8 Å². The number of rotatable bonds is 3. The third-order valence-electron chi connectivity index (χ3n) is 2.55. The molecule has 0 unspecified atom stereocenters. The lowest BCUT2D eigenvalue weighted by atomic mass is 9.76. The standard InChI is InChI=1S/C10H15BO4/c1-6-7(2)10(15-4)9(14-3)5-8(6)11(12)13/h5,12-13H,1-4H3. The van der Waals surface area contributed by atoms with Crippen molar-refractivity contribution in [1.82, 2.24) is 0 Å². The monoisotopic (exact) mass is 210 g/mol. The summed E-state index contributed by atoms with van der Waals surface area (Å²) in [6, 6.07) is 1.58. The molecule has 0 aliphatic rings. The molecule has 0 saturated carbocycles. The van der Waals surface area contributed by atoms with E-state index >= 15 is 0 Å². The van der Waals surface area contributed by atoms with Gasteiger partial charge in [-0.3, -0.25) is 0 Å². The van der Waals surface area contributed by atoms with Crippen LogP contribution in [0, 0.1) is 13.8 Å². The van der Waals surface area contributed by atoms with Gasteiger partial charge in [0.25, 0.3) is 0 Å². The quantitative estimate of drug-likeness (QED) is 0.689. The summed E-state index contributed by atoms with van der Waals surface area (Å²) < 4.78 is 10.3. The SMILES string of the molecule is COc1cc(B(O)O)c(C)c(C)c1OC. The Morgan fingerprint density at radius 2 is 1.67 bits per heavy atom. The Morgan fingerprint density at radius 3 is 2.07 bits per heavy atom. The second-order valence-electron chi connectivity index (χ2n) is 3.32. The van der Waals surface area contributed by atoms with Gasteiger partial charge in [-0.05, 0) is 36.5 Å². The highest BCUT2D eigenvalue weighted by Crippen LogP contribution is 2.31. The second kappa shape index (κ2) is 4.55. The molecule has 0 atom stereocenters. The van der Waals surface area contributed by atoms with E-state index in [-0.39, 0.29) is 0 Å². The molecule has 0 fully saturated rings. The van der Waals surface area contributed by atoms with Crippen molar-refractivity contribution in [3.8, 4) is 11.5 Å². The molecule has 5 heteroatoms. The largest absolute Gasteiger partial charge is 0.493 e. The van der Waals surface area contributed by atoms with Crippen molar-refractivity contribution < 1.29 is 19.5 Å². The van der Waals surface area contributed by atoms with Crippen LogP contribution < -0.4 is 14.9 Å². The van der Waals surface area contributed by atoms with Crippen LogP contribution >= 0.6 is 0 Å². The van der Waals surface area contributed by atoms with Crippen LogP contribution in [0.2, 0.25) is 0 Å². The van der Waals surface area contributed by atoms with Gasteiger partial charge in [0.15, 0.2) is 11.5 Å². The Labute approximate surface area is 89.6 Å². The zero-order chi connectivity index (χ0) is 11.6. The fourth-order valence-electron chi connectivity index (χ4n) is 1.56. The van der Waals surface area contributed by atoms with E-state index in [0.717, 1.165) is 11.1 Å². The van der Waals surface area contributed by atoms with Crippen LogP contribution in [0.5, 0.6) is 11.5 Å². The van der Waals surface area contributed by atoms with E-state index in [1.165, 1.54) is 7.11 Å². The number of methoxy groups -OCH3 is 2. The van der Waals surface area contributed by atoms with Crippen molar-refractivity contribution in [3.05, 3.63) is 17.2 Å². The third kappa shape index (κ3) is 2.08. The third-order valence-corrected chi connectivity index (χ3v) is 2.55. The van der Waals surface area contributed by atoms with Crippen LogP contribution in [0.1, 0.15) is 11.1 Å². The molecule has 0 aliphatic carbocycles. The van der Waals surface area contributed by atoms with Crippen molar-refractivity contribution >= 4 is 12.6 Å². The summed E-state index contributed by atoms with van der Waals surface area (Å²) in [5, 5.41) is 18.3. The van der Waals surface area contributed by atoms with Crippen molar-refractivity contribution in [1.29, 1.82) is 0 Å². The summed E-state index contributed by atoms with van der Waals surface area (Å²) in [5.41, 5.74) is 2.08. The molecule has 0 radical (unpaired) electrons. The molecule has 1 aromatic carbocycles. The molecule has 82 valence electrons. The number of hydrogen-bond donors (Lipinski definition) is 2. The Hall–Kier alpha value is -1.20. The number of ether oxygens (including phenoxy) is 2. The van der Waals surface area contributed by atoms with Crippen LogP contribution in [-0.4, -0.2) is 31.4 Å². The Bertz CT molecular complexity index is 363. The van der Waals surface area contributed by atoms with Gasteiger partial charge in [-0.2, -0.15) is 0 Å². The van der Waals surface area contributed by atoms with E-state index in [0.29, 0.717) is 17.0 Å². The first-order valence-corrected chi connectivity index (χ1v) is 4.61. The molecule has 1 aromatic rings. The molecule has 0 spiro atoms. The van der Waals surface area contributed by atoms with E-state index in [2.05, 4.69) is 0 Å². The average molecular weight is 210 g/mol. The van der Waals surface area contributed by atoms with Crippen LogP contribution in [0.25, 0.3) is 0 Å². The molecule has 15 heavy (non-hydrogen) atoms. The van der Waals surface area contributed by atoms with Crippen LogP contribution in [0.15, 0.2) is 6.07 Å². The lowest BCUT2D eigenvalue weighted by molar-refractivity contribution is 0.352. The first-order chi connectivity index (χ1) is 7.02. The van der Waals surface area contributed by atoms with Crippen molar-refractivity contribution in [3.63, 3.8) is 0 Å². The minimum atomic E-state index is -1.50. The van der Waals surface area contributed by atoms with E-state index in [9.17, 15) is 10.0 Å². The predicted octanol–water partition coefficient (Wildman–Crippen LogP) is 0.000440. The second-order valence-corrected chi connectivity index (χ2v) is 3.32. The van der Waals surface area contributed by atoms with Gasteiger partial charge < -0.3 is 19.5 Å². The topological polar surface area (TPSA) is 58.9 Å². The van der Waals surface area contributed by atoms with E-state index < -0.39 is 7.12 Å². The summed E-state index contributed by atoms with van der Waals surface area (Å²) in [6.07, 6.45) is 0. The smallest absolute Gasteiger partial charge is 0.488 e. The minimum Gasteiger partial charge on any atom is -0.493 e. The molecular weight excluding hydrogens is 195 g/mol. The van der Waals surface area contributed by atoms with Gasteiger partial charge in [0, 0.05) is 0 Å². The zero-order valence-electron chi connectivity index (χ0n) is 9.37. The minimum absolute atomic E-state index is 0.435. The maximum absolute atomic E-state index is 9.17. The maximum Gasteiger partial charge on any atom is 0.488 e. The molecule has 2 N–H and O–H groups in total. The molecule has 0 aromatic heterocycles. The van der Waals surface area contributed by atoms with Crippen LogP contribution in [0.4, 0.5) is 0 Å². The lowest BCUT2D eigenvalue weighted by Crippen LogP contribution is -2.32. The van der Waals surface area contributed by atoms with E-state index in [4.69, 9.17) is 9.47 Å². The molecule has 1 rings (SSSR count). The van der Waals surface area contributed by atoms with Crippen LogP contribution in [0.3, 0.4) is 0 Å². The highest BCUT2D eigenvalue weighted by atomic mass is 16.5. The molecule has 0 aliphatic heterocycles. The summed E-state index contributed by atoms with van der Waals surface area (Å²) >= 11 is 0. The highest BCUT2D eigenvalue weighted by molar-refractivity contribution is 6.59. The first kappa shape index (κ1) is 11.9. The van der Waals surface area contributed by atoms with Crippen molar-refractivity contribution in [2.24, 2.45) is 0 Å². The first-order valence-electron chi connectivity index (χ1n) is 4.61. The Morgan fingerprint density at radius 1 is 1.07 bits per heavy atom. The van der Waals surface area contributed by atoms with Gasteiger partial charge >= 0.3 is 7.12 Å². The number of benzene rings is 1. The molecule has 0 bridgehead atoms. The normalized spacial score (nSPS) is 10.0. The molecular formula is C10H15BO4.